The van der Waals surface area contributed by atoms with E-state index in [4.69, 9.17) is 4.42 Å². The van der Waals surface area contributed by atoms with E-state index in [9.17, 15) is 16.8 Å². The Balaban J connectivity index is 1.55. The van der Waals surface area contributed by atoms with E-state index < -0.39 is 20.0 Å². The number of aromatic nitrogens is 2. The van der Waals surface area contributed by atoms with Crippen LogP contribution in [0, 0.1) is 0 Å². The second kappa shape index (κ2) is 9.40. The first-order valence-electron chi connectivity index (χ1n) is 10.3. The minimum Gasteiger partial charge on any atom is -0.418 e. The van der Waals surface area contributed by atoms with Crippen LogP contribution in [0.25, 0.3) is 10.8 Å². The molecule has 3 aromatic rings. The summed E-state index contributed by atoms with van der Waals surface area (Å²) in [6.07, 6.45) is 2.26. The first kappa shape index (κ1) is 23.1. The molecule has 2 aromatic heterocycles. The zero-order chi connectivity index (χ0) is 22.8. The lowest BCUT2D eigenvalue weighted by Crippen LogP contribution is -2.31. The highest BCUT2D eigenvalue weighted by atomic mass is 32.2. The molecule has 1 saturated heterocycles. The van der Waals surface area contributed by atoms with E-state index in [1.807, 2.05) is 24.4 Å². The number of benzene rings is 1. The molecular weight excluding hydrogens is 472 g/mol. The van der Waals surface area contributed by atoms with Crippen molar-refractivity contribution >= 4 is 31.4 Å². The van der Waals surface area contributed by atoms with Gasteiger partial charge in [-0.3, -0.25) is 0 Å². The maximum atomic E-state index is 13.3. The van der Waals surface area contributed by atoms with Crippen molar-refractivity contribution in [2.75, 3.05) is 19.6 Å². The Morgan fingerprint density at radius 2 is 1.72 bits per heavy atom. The van der Waals surface area contributed by atoms with Gasteiger partial charge in [0.25, 0.3) is 5.89 Å². The molecule has 0 spiro atoms. The Bertz CT molecular complexity index is 1250. The van der Waals surface area contributed by atoms with Gasteiger partial charge >= 0.3 is 0 Å². The van der Waals surface area contributed by atoms with E-state index in [1.54, 1.807) is 0 Å². The van der Waals surface area contributed by atoms with E-state index >= 15 is 0 Å². The molecule has 4 rings (SSSR count). The number of rotatable bonds is 9. The summed E-state index contributed by atoms with van der Waals surface area (Å²) in [5, 5.41) is 9.88. The molecular formula is C20H24N4O5S3. The summed E-state index contributed by atoms with van der Waals surface area (Å²) >= 11 is 1.45. The van der Waals surface area contributed by atoms with Gasteiger partial charge in [0.05, 0.1) is 21.2 Å². The second-order valence-electron chi connectivity index (χ2n) is 7.40. The van der Waals surface area contributed by atoms with Crippen molar-refractivity contribution in [1.82, 2.24) is 18.8 Å². The van der Waals surface area contributed by atoms with Gasteiger partial charge in [-0.05, 0) is 55.0 Å². The lowest BCUT2D eigenvalue weighted by molar-refractivity contribution is 0.357. The van der Waals surface area contributed by atoms with E-state index in [1.165, 1.54) is 44.2 Å². The van der Waals surface area contributed by atoms with Crippen LogP contribution in [-0.4, -0.2) is 55.3 Å². The molecule has 1 fully saturated rings. The van der Waals surface area contributed by atoms with Gasteiger partial charge in [0.15, 0.2) is 0 Å². The molecule has 0 saturated carbocycles. The molecule has 0 bridgehead atoms. The molecule has 3 heterocycles. The van der Waals surface area contributed by atoms with Gasteiger partial charge in [0.2, 0.25) is 25.9 Å². The van der Waals surface area contributed by atoms with Crippen LogP contribution in [0.4, 0.5) is 0 Å². The monoisotopic (exact) mass is 496 g/mol. The third kappa shape index (κ3) is 4.64. The minimum absolute atomic E-state index is 0.0179. The highest BCUT2D eigenvalue weighted by molar-refractivity contribution is 7.89. The lowest BCUT2D eigenvalue weighted by Gasteiger charge is -2.20. The summed E-state index contributed by atoms with van der Waals surface area (Å²) < 4.78 is 60.3. The van der Waals surface area contributed by atoms with Crippen LogP contribution in [0.2, 0.25) is 0 Å². The molecule has 0 aliphatic carbocycles. The Morgan fingerprint density at radius 3 is 2.34 bits per heavy atom. The second-order valence-corrected chi connectivity index (χ2v) is 12.2. The van der Waals surface area contributed by atoms with Crippen LogP contribution in [0.3, 0.4) is 0 Å². The summed E-state index contributed by atoms with van der Waals surface area (Å²) in [6, 6.07) is 9.10. The van der Waals surface area contributed by atoms with E-state index in [0.717, 1.165) is 17.7 Å². The molecule has 1 aromatic carbocycles. The number of sulfonamides is 2. The average molecular weight is 497 g/mol. The smallest absolute Gasteiger partial charge is 0.257 e. The quantitative estimate of drug-likeness (QED) is 0.447. The van der Waals surface area contributed by atoms with E-state index in [2.05, 4.69) is 10.2 Å². The standard InChI is InChI=1S/C20H24N4O5S3/c1-2-11-24(15-19-21-22-20(29-19)18-6-5-14-30-18)32(27,28)17-9-7-16(8-10-17)31(25,26)23-12-3-4-13-23/h5-10,14H,2-4,11-13,15H2,1H3. The summed E-state index contributed by atoms with van der Waals surface area (Å²) in [6.45, 7) is 3.04. The summed E-state index contributed by atoms with van der Waals surface area (Å²) in [5.74, 6) is 0.541. The molecule has 0 radical (unpaired) electrons. The SMILES string of the molecule is CCCN(Cc1nnc(-c2cccs2)o1)S(=O)(=O)c1ccc(S(=O)(=O)N2CCCC2)cc1. The van der Waals surface area contributed by atoms with E-state index in [-0.39, 0.29) is 28.8 Å². The van der Waals surface area contributed by atoms with Gasteiger partial charge in [-0.25, -0.2) is 16.8 Å². The maximum Gasteiger partial charge on any atom is 0.257 e. The lowest BCUT2D eigenvalue weighted by atomic mass is 10.4. The first-order valence-corrected chi connectivity index (χ1v) is 14.0. The molecule has 172 valence electrons. The summed E-state index contributed by atoms with van der Waals surface area (Å²) in [5.41, 5.74) is 0. The molecule has 9 nitrogen and oxygen atoms in total. The summed E-state index contributed by atoms with van der Waals surface area (Å²) in [7, 11) is -7.49. The number of thiophene rings is 1. The molecule has 12 heteroatoms. The first-order chi connectivity index (χ1) is 15.3. The van der Waals surface area contributed by atoms with Crippen LogP contribution >= 0.6 is 11.3 Å². The van der Waals surface area contributed by atoms with Crippen molar-refractivity contribution in [1.29, 1.82) is 0 Å². The highest BCUT2D eigenvalue weighted by Crippen LogP contribution is 2.26. The normalized spacial score (nSPS) is 15.6. The van der Waals surface area contributed by atoms with Crippen molar-refractivity contribution in [3.05, 3.63) is 47.7 Å². The Labute approximate surface area is 191 Å². The van der Waals surface area contributed by atoms with Gasteiger partial charge in [-0.1, -0.05) is 13.0 Å². The molecule has 0 N–H and O–H groups in total. The van der Waals surface area contributed by atoms with Gasteiger partial charge in [0.1, 0.15) is 0 Å². The third-order valence-electron chi connectivity index (χ3n) is 5.15. The van der Waals surface area contributed by atoms with Gasteiger partial charge in [-0.15, -0.1) is 21.5 Å². The van der Waals surface area contributed by atoms with Gasteiger partial charge in [-0.2, -0.15) is 8.61 Å². The third-order valence-corrected chi connectivity index (χ3v) is 9.78. The predicted molar refractivity (Wildman–Crippen MR) is 120 cm³/mol. The number of nitrogens with zero attached hydrogens (tertiary/aromatic N) is 4. The van der Waals surface area contributed by atoms with Crippen molar-refractivity contribution in [3.63, 3.8) is 0 Å². The summed E-state index contributed by atoms with van der Waals surface area (Å²) in [4.78, 5) is 0.922. The van der Waals surface area contributed by atoms with Crippen LogP contribution in [0.1, 0.15) is 32.1 Å². The number of hydrogen-bond donors (Lipinski definition) is 0. The van der Waals surface area contributed by atoms with Crippen LogP contribution < -0.4 is 0 Å². The maximum absolute atomic E-state index is 13.3. The van der Waals surface area contributed by atoms with Gasteiger partial charge in [0, 0.05) is 19.6 Å². The predicted octanol–water partition coefficient (Wildman–Crippen LogP) is 3.18. The van der Waals surface area contributed by atoms with Gasteiger partial charge < -0.3 is 4.42 Å². The Hall–Kier alpha value is -2.12. The molecule has 0 atom stereocenters. The fourth-order valence-corrected chi connectivity index (χ4v) is 7.15. The molecule has 0 unspecified atom stereocenters. The van der Waals surface area contributed by atoms with Crippen LogP contribution in [-0.2, 0) is 26.6 Å². The number of hydrogen-bond acceptors (Lipinski definition) is 8. The fourth-order valence-electron chi connectivity index (χ4n) is 3.51. The van der Waals surface area contributed by atoms with Crippen molar-refractivity contribution in [3.8, 4) is 10.8 Å². The minimum atomic E-state index is -3.89. The Kier molecular flexibility index (Phi) is 6.77. The van der Waals surface area contributed by atoms with Crippen LogP contribution in [0.5, 0.6) is 0 Å². The zero-order valence-corrected chi connectivity index (χ0v) is 20.0. The van der Waals surface area contributed by atoms with E-state index in [0.29, 0.717) is 25.4 Å². The molecule has 0 amide bonds. The zero-order valence-electron chi connectivity index (χ0n) is 17.5. The Morgan fingerprint density at radius 1 is 1.03 bits per heavy atom. The average Bonchev–Trinajstić information content (AvgIpc) is 3.56. The fraction of sp³-hybridized carbons (Fsp3) is 0.400. The largest absolute Gasteiger partial charge is 0.418 e. The van der Waals surface area contributed by atoms with Crippen molar-refractivity contribution in [2.24, 2.45) is 0 Å². The molecule has 1 aliphatic heterocycles. The topological polar surface area (TPSA) is 114 Å². The molecule has 32 heavy (non-hydrogen) atoms. The van der Waals surface area contributed by atoms with Crippen LogP contribution in [0.15, 0.2) is 56.0 Å². The van der Waals surface area contributed by atoms with Crippen molar-refractivity contribution < 1.29 is 21.3 Å². The molecule has 1 aliphatic rings. The highest BCUT2D eigenvalue weighted by Gasteiger charge is 2.29. The van der Waals surface area contributed by atoms with Crippen molar-refractivity contribution in [2.45, 2.75) is 42.5 Å².